The zero-order valence-corrected chi connectivity index (χ0v) is 49.2. The minimum atomic E-state index is -1.30. The Morgan fingerprint density at radius 3 is 2.16 bits per heavy atom. The molecule has 19 heteroatoms. The fraction of sp³-hybridized carbons (Fsp3) is 0.551. The van der Waals surface area contributed by atoms with Crippen molar-refractivity contribution in [3.8, 4) is 0 Å². The molecule has 368 valence electrons. The van der Waals surface area contributed by atoms with E-state index in [1.54, 1.807) is 18.3 Å². The van der Waals surface area contributed by atoms with Crippen molar-refractivity contribution in [2.75, 3.05) is 32.7 Å². The average molecular weight is 1370 g/mol. The van der Waals surface area contributed by atoms with E-state index in [1.165, 1.54) is 66.7 Å². The van der Waals surface area contributed by atoms with Crippen LogP contribution in [0.2, 0.25) is 10.2 Å². The molecule has 5 aliphatic heterocycles. The molecule has 2 saturated carbocycles. The summed E-state index contributed by atoms with van der Waals surface area (Å²) in [6.45, 7) is 14.9. The second-order valence-corrected chi connectivity index (χ2v) is 56.8. The quantitative estimate of drug-likeness (QED) is 0.162. The molecule has 10 nitrogen and oxygen atoms in total. The number of benzene rings is 2. The minimum absolute atomic E-state index is 0.00182. The Kier molecular flexibility index (Phi) is 17.6. The number of carbonyl (C=O) groups excluding carboxylic acids is 2. The molecule has 0 bridgehead atoms. The van der Waals surface area contributed by atoms with Crippen LogP contribution >= 0.6 is 94.9 Å². The molecule has 0 radical (unpaired) electrons. The van der Waals surface area contributed by atoms with Crippen molar-refractivity contribution >= 4 is 112 Å². The van der Waals surface area contributed by atoms with Gasteiger partial charge < -0.3 is 25.3 Å². The van der Waals surface area contributed by atoms with Crippen LogP contribution in [0.3, 0.4) is 0 Å². The number of rotatable bonds is 9. The number of amides is 2. The number of carbonyl (C=O) groups is 2. The number of nitrogens with one attached hydrogen (secondary N) is 2. The summed E-state index contributed by atoms with van der Waals surface area (Å²) in [5.74, 6) is -1.28. The molecule has 6 heterocycles. The van der Waals surface area contributed by atoms with Crippen LogP contribution < -0.4 is 10.6 Å². The van der Waals surface area contributed by atoms with Crippen LogP contribution in [0.25, 0.3) is 0 Å². The van der Waals surface area contributed by atoms with Crippen molar-refractivity contribution in [2.45, 2.75) is 133 Å². The van der Waals surface area contributed by atoms with Crippen LogP contribution in [0.4, 0.5) is 8.78 Å². The molecule has 0 unspecified atom stereocenters. The molecule has 68 heavy (non-hydrogen) atoms. The molecular formula is C49H60Cl2F2I3N8O2SV. The number of halogens is 7. The number of likely N-dealkylation sites (tertiary alicyclic amines) is 1. The standard InChI is InChI=1S/C34H38Cl2F2N6O2S.C15H22N2.3HI.V/c1-5-22-15-40-34(10-11-34)17-43(22)30(45)25-13-21(37)16-42(25)31(46)28-27(18(2)3)44-29(19-6-8-23(35)24(38)12-19)33(4,41-32(44)47-28)20-7-9-26(36)39-14-20;1-2-14-10-16-15(8-9-15)12-17(14)11-13-6-4-3-5-7-13;;;;/h6-9,12,14,18,21-22,25,29,40H,5,10-11,13,15-17H2,1-4H3;3-7,14,16H,2,8-12H2,1H3;3*1H;/q;;;;;+3/p-3/t21-,22-,25+,29-,33+;14-;;;;/m11..../s1. The molecule has 6 atom stereocenters. The van der Waals surface area contributed by atoms with Crippen molar-refractivity contribution in [2.24, 2.45) is 10.9 Å². The normalized spacial score (nSPS) is 27.8. The van der Waals surface area contributed by atoms with E-state index < -0.39 is 29.6 Å². The molecule has 2 N–H and O–H groups in total. The molecule has 7 aliphatic rings. The number of aromatic nitrogens is 1. The van der Waals surface area contributed by atoms with Crippen LogP contribution in [-0.4, -0.2) is 110 Å². The molecule has 3 saturated heterocycles. The van der Waals surface area contributed by atoms with E-state index >= 15 is 4.39 Å². The number of piperazine rings is 2. The van der Waals surface area contributed by atoms with Gasteiger partial charge in [-0.3, -0.25) is 14.5 Å². The van der Waals surface area contributed by atoms with Gasteiger partial charge in [-0.05, 0) is 92.5 Å². The number of allylic oxidation sites excluding steroid dienone is 1. The molecule has 10 rings (SSSR count). The summed E-state index contributed by atoms with van der Waals surface area (Å²) in [6, 6.07) is 18.4. The number of thioether (sulfide) groups is 1. The molecule has 2 aromatic carbocycles. The summed E-state index contributed by atoms with van der Waals surface area (Å²) in [7, 11) is 0. The van der Waals surface area contributed by atoms with Gasteiger partial charge in [0.05, 0.1) is 17.6 Å². The Balaban J connectivity index is 0.000000245. The first-order valence-corrected chi connectivity index (χ1v) is 38.7. The van der Waals surface area contributed by atoms with Crippen molar-refractivity contribution in [3.05, 3.63) is 110 Å². The van der Waals surface area contributed by atoms with E-state index in [0.717, 1.165) is 31.4 Å². The second-order valence-electron chi connectivity index (χ2n) is 19.6. The Labute approximate surface area is 452 Å². The Bertz CT molecular complexity index is 2380. The molecule has 2 amide bonds. The van der Waals surface area contributed by atoms with E-state index in [1.807, 2.05) is 43.6 Å². The fourth-order valence-corrected chi connectivity index (χ4v) is 12.1. The van der Waals surface area contributed by atoms with Crippen molar-refractivity contribution in [1.29, 1.82) is 0 Å². The van der Waals surface area contributed by atoms with Gasteiger partial charge in [0.15, 0.2) is 5.17 Å². The van der Waals surface area contributed by atoms with E-state index in [9.17, 15) is 14.0 Å². The summed E-state index contributed by atoms with van der Waals surface area (Å²) in [4.78, 5) is 46.3. The van der Waals surface area contributed by atoms with Gasteiger partial charge in [-0.15, -0.1) is 0 Å². The topological polar surface area (TPSA) is 96.4 Å². The zero-order valence-electron chi connectivity index (χ0n) is 39.0. The third-order valence-corrected chi connectivity index (χ3v) is 16.2. The maximum atomic E-state index is 15.2. The zero-order chi connectivity index (χ0) is 48.7. The third-order valence-electron chi connectivity index (χ3n) is 14.6. The molecular weight excluding hydrogens is 1310 g/mol. The molecule has 2 spiro atoms. The number of pyridine rings is 1. The summed E-state index contributed by atoms with van der Waals surface area (Å²) in [6.07, 6.45) is 7.12. The van der Waals surface area contributed by atoms with E-state index in [-0.39, 0.29) is 52.2 Å². The number of aliphatic imine (C=N–C) groups is 1. The Hall–Kier alpha value is -0.816. The van der Waals surface area contributed by atoms with Crippen LogP contribution in [0.15, 0.2) is 82.5 Å². The number of nitrogens with zero attached hydrogens (tertiary/aromatic N) is 6. The Morgan fingerprint density at radius 1 is 0.926 bits per heavy atom. The van der Waals surface area contributed by atoms with Crippen molar-refractivity contribution in [3.63, 3.8) is 0 Å². The monoisotopic (exact) mass is 1360 g/mol. The Morgan fingerprint density at radius 2 is 1.57 bits per heavy atom. The number of alkyl halides is 1. The summed E-state index contributed by atoms with van der Waals surface area (Å²) >= 11 is 20.8. The first-order valence-electron chi connectivity index (χ1n) is 23.6. The van der Waals surface area contributed by atoms with E-state index in [0.29, 0.717) is 51.2 Å². The summed E-state index contributed by atoms with van der Waals surface area (Å²) < 4.78 is 30.2. The number of fused-ring (bicyclic) bond motifs is 1. The summed E-state index contributed by atoms with van der Waals surface area (Å²) in [5, 5.41) is 8.25. The van der Waals surface area contributed by atoms with Gasteiger partial charge in [0, 0.05) is 79.8 Å². The summed E-state index contributed by atoms with van der Waals surface area (Å²) in [5.41, 5.74) is 3.03. The fourth-order valence-electron chi connectivity index (χ4n) is 10.5. The van der Waals surface area contributed by atoms with Crippen LogP contribution in [0.1, 0.15) is 102 Å². The van der Waals surface area contributed by atoms with Gasteiger partial charge in [-0.2, -0.15) is 0 Å². The van der Waals surface area contributed by atoms with Crippen LogP contribution in [0, 0.1) is 11.7 Å². The average Bonchev–Trinajstić information content (AvgIpc) is 4.12. The second kappa shape index (κ2) is 22.3. The first kappa shape index (κ1) is 53.5. The van der Waals surface area contributed by atoms with Gasteiger partial charge >= 0.3 is 64.9 Å². The number of hydrogen-bond acceptors (Lipinski definition) is 9. The van der Waals surface area contributed by atoms with Gasteiger partial charge in [-0.25, -0.2) is 18.8 Å². The van der Waals surface area contributed by atoms with Gasteiger partial charge in [0.1, 0.15) is 33.6 Å². The molecule has 2 aliphatic carbocycles. The van der Waals surface area contributed by atoms with Gasteiger partial charge in [0.2, 0.25) is 5.91 Å². The van der Waals surface area contributed by atoms with Crippen LogP contribution in [-0.2, 0) is 26.6 Å². The van der Waals surface area contributed by atoms with Gasteiger partial charge in [0.25, 0.3) is 5.91 Å². The first-order chi connectivity index (χ1) is 32.4. The maximum absolute atomic E-state index is 15.2. The van der Waals surface area contributed by atoms with E-state index in [4.69, 9.17) is 28.2 Å². The molecule has 5 fully saturated rings. The number of hydrogen-bond donors (Lipinski definition) is 2. The SMILES string of the molecule is CC[C@@H]1CNC2(CC2)CN1C(=O)[C@@H]1C[C@@H](F)CN1C(=O)C1=C(C(C)C)N2C(=N[C@@](C)(c3ccc(Cl)nc3)[C@H]2c2ccc(Cl)c(F)c2)S1.CC[C@@H]1CNC2(CC2)CN1Cc1ccccc1.[I][V]([I])[I]. The predicted octanol–water partition coefficient (Wildman–Crippen LogP) is 11.5. The van der Waals surface area contributed by atoms with Crippen molar-refractivity contribution in [1.82, 2.24) is 35.2 Å². The van der Waals surface area contributed by atoms with E-state index in [2.05, 4.69) is 118 Å². The number of amidine groups is 1. The van der Waals surface area contributed by atoms with Crippen LogP contribution in [0.5, 0.6) is 0 Å². The predicted molar refractivity (Wildman–Crippen MR) is 293 cm³/mol. The molecule has 3 aromatic rings. The third kappa shape index (κ3) is 11.7. The molecule has 1 aromatic heterocycles. The van der Waals surface area contributed by atoms with Gasteiger partial charge in [-0.1, -0.05) is 93.4 Å². The van der Waals surface area contributed by atoms with Crippen molar-refractivity contribution < 1.29 is 23.3 Å².